The van der Waals surface area contributed by atoms with E-state index in [0.29, 0.717) is 16.5 Å². The van der Waals surface area contributed by atoms with Crippen LogP contribution in [0.15, 0.2) is 17.0 Å². The van der Waals surface area contributed by atoms with Crippen LogP contribution in [-0.2, 0) is 10.0 Å². The van der Waals surface area contributed by atoms with Crippen LogP contribution in [0, 0.1) is 19.7 Å². The maximum absolute atomic E-state index is 13.3. The van der Waals surface area contributed by atoms with Gasteiger partial charge in [-0.1, -0.05) is 15.9 Å². The predicted molar refractivity (Wildman–Crippen MR) is 76.6 cm³/mol. The van der Waals surface area contributed by atoms with Crippen LogP contribution in [-0.4, -0.2) is 19.3 Å². The van der Waals surface area contributed by atoms with Gasteiger partial charge in [0.25, 0.3) is 0 Å². The van der Waals surface area contributed by atoms with Gasteiger partial charge in [-0.2, -0.15) is 0 Å². The summed E-state index contributed by atoms with van der Waals surface area (Å²) in [6.45, 7) is 3.23. The fourth-order valence-corrected chi connectivity index (χ4v) is 5.32. The fraction of sp³-hybridized carbons (Fsp3) is 0.538. The lowest BCUT2D eigenvalue weighted by atomic mass is 9.80. The first kappa shape index (κ1) is 14.9. The van der Waals surface area contributed by atoms with E-state index in [4.69, 9.17) is 0 Å². The first-order chi connectivity index (χ1) is 8.80. The van der Waals surface area contributed by atoms with Crippen LogP contribution in [0.3, 0.4) is 0 Å². The minimum atomic E-state index is -3.62. The number of sulfonamides is 1. The molecular formula is C13H17BrFNO2S. The van der Waals surface area contributed by atoms with Crippen molar-refractivity contribution in [1.29, 1.82) is 0 Å². The molecule has 106 valence electrons. The van der Waals surface area contributed by atoms with Crippen LogP contribution in [0.2, 0.25) is 0 Å². The van der Waals surface area contributed by atoms with E-state index in [1.54, 1.807) is 13.8 Å². The molecule has 0 radical (unpaired) electrons. The molecule has 0 saturated heterocycles. The molecule has 0 amide bonds. The highest BCUT2D eigenvalue weighted by Crippen LogP contribution is 2.35. The number of benzene rings is 1. The number of hydrogen-bond donors (Lipinski definition) is 1. The van der Waals surface area contributed by atoms with E-state index < -0.39 is 15.8 Å². The average Bonchev–Trinajstić information content (AvgIpc) is 2.21. The molecule has 0 aliphatic heterocycles. The smallest absolute Gasteiger partial charge is 0.207 e. The van der Waals surface area contributed by atoms with E-state index in [1.807, 2.05) is 0 Å². The summed E-state index contributed by atoms with van der Waals surface area (Å²) in [5.41, 5.74) is 0.495. The molecule has 6 heteroatoms. The Morgan fingerprint density at radius 1 is 1.32 bits per heavy atom. The second-order valence-corrected chi connectivity index (χ2v) is 7.42. The molecule has 1 aliphatic carbocycles. The van der Waals surface area contributed by atoms with Crippen molar-refractivity contribution in [2.24, 2.45) is 0 Å². The van der Waals surface area contributed by atoms with Gasteiger partial charge in [0, 0.05) is 10.9 Å². The second kappa shape index (κ2) is 5.14. The molecule has 1 N–H and O–H groups in total. The van der Waals surface area contributed by atoms with Gasteiger partial charge in [0.2, 0.25) is 10.0 Å². The van der Waals surface area contributed by atoms with E-state index in [0.717, 1.165) is 19.3 Å². The number of aryl methyl sites for hydroxylation is 2. The molecular weight excluding hydrogens is 333 g/mol. The van der Waals surface area contributed by atoms with E-state index in [-0.39, 0.29) is 10.4 Å². The highest BCUT2D eigenvalue weighted by atomic mass is 79.9. The van der Waals surface area contributed by atoms with Gasteiger partial charge in [-0.05, 0) is 56.4 Å². The number of alkyl halides is 1. The lowest BCUT2D eigenvalue weighted by molar-refractivity contribution is 0.256. The minimum Gasteiger partial charge on any atom is -0.207 e. The van der Waals surface area contributed by atoms with E-state index in [2.05, 4.69) is 20.7 Å². The zero-order valence-corrected chi connectivity index (χ0v) is 13.4. The molecule has 1 saturated carbocycles. The molecule has 19 heavy (non-hydrogen) atoms. The van der Waals surface area contributed by atoms with Crippen molar-refractivity contribution in [2.45, 2.75) is 43.5 Å². The maximum atomic E-state index is 13.3. The van der Waals surface area contributed by atoms with Crippen LogP contribution in [0.25, 0.3) is 0 Å². The predicted octanol–water partition coefficient (Wildman–Crippen LogP) is 3.04. The maximum Gasteiger partial charge on any atom is 0.241 e. The van der Waals surface area contributed by atoms with Gasteiger partial charge in [-0.3, -0.25) is 0 Å². The van der Waals surface area contributed by atoms with Gasteiger partial charge in [-0.15, -0.1) is 0 Å². The van der Waals surface area contributed by atoms with Crippen molar-refractivity contribution < 1.29 is 12.8 Å². The number of rotatable bonds is 4. The molecule has 0 aromatic heterocycles. The standard InChI is InChI=1S/C13H17BrFNO2S/c1-9-6-11(15)7-10(2)12(9)19(17,18)16-13(8-14)4-3-5-13/h6-7,16H,3-5,8H2,1-2H3. The Bertz CT molecular complexity index is 568. The molecule has 0 bridgehead atoms. The number of hydrogen-bond acceptors (Lipinski definition) is 2. The van der Waals surface area contributed by atoms with Crippen molar-refractivity contribution in [3.8, 4) is 0 Å². The fourth-order valence-electron chi connectivity index (χ4n) is 2.52. The molecule has 0 heterocycles. The first-order valence-corrected chi connectivity index (χ1v) is 8.77. The Hall–Kier alpha value is -0.460. The zero-order valence-electron chi connectivity index (χ0n) is 11.0. The molecule has 1 fully saturated rings. The van der Waals surface area contributed by atoms with Crippen LogP contribution in [0.5, 0.6) is 0 Å². The van der Waals surface area contributed by atoms with Crippen molar-refractivity contribution >= 4 is 26.0 Å². The normalized spacial score (nSPS) is 18.1. The van der Waals surface area contributed by atoms with Gasteiger partial charge >= 0.3 is 0 Å². The summed E-state index contributed by atoms with van der Waals surface area (Å²) in [4.78, 5) is 0.195. The largest absolute Gasteiger partial charge is 0.241 e. The minimum absolute atomic E-state index is 0.195. The Balaban J connectivity index is 2.40. The highest BCUT2D eigenvalue weighted by molar-refractivity contribution is 9.09. The third kappa shape index (κ3) is 2.85. The number of halogens is 2. The number of nitrogens with one attached hydrogen (secondary N) is 1. The van der Waals surface area contributed by atoms with Gasteiger partial charge in [0.15, 0.2) is 0 Å². The van der Waals surface area contributed by atoms with Crippen molar-refractivity contribution in [2.75, 3.05) is 5.33 Å². The monoisotopic (exact) mass is 349 g/mol. The first-order valence-electron chi connectivity index (χ1n) is 6.16. The Kier molecular flexibility index (Phi) is 4.05. The molecule has 2 rings (SSSR count). The van der Waals surface area contributed by atoms with Crippen molar-refractivity contribution in [3.63, 3.8) is 0 Å². The van der Waals surface area contributed by atoms with Crippen LogP contribution < -0.4 is 4.72 Å². The second-order valence-electron chi connectivity index (χ2n) is 5.24. The van der Waals surface area contributed by atoms with Gasteiger partial charge in [0.05, 0.1) is 4.90 Å². The molecule has 0 atom stereocenters. The molecule has 1 aliphatic rings. The third-order valence-electron chi connectivity index (χ3n) is 3.61. The average molecular weight is 350 g/mol. The summed E-state index contributed by atoms with van der Waals surface area (Å²) < 4.78 is 41.0. The van der Waals surface area contributed by atoms with Gasteiger partial charge in [-0.25, -0.2) is 17.5 Å². The molecule has 3 nitrogen and oxygen atoms in total. The quantitative estimate of drug-likeness (QED) is 0.849. The third-order valence-corrected chi connectivity index (χ3v) is 6.57. The molecule has 1 aromatic carbocycles. The van der Waals surface area contributed by atoms with Crippen LogP contribution in [0.1, 0.15) is 30.4 Å². The van der Waals surface area contributed by atoms with E-state index in [9.17, 15) is 12.8 Å². The summed E-state index contributed by atoms with van der Waals surface area (Å²) >= 11 is 3.37. The van der Waals surface area contributed by atoms with E-state index in [1.165, 1.54) is 12.1 Å². The Morgan fingerprint density at radius 2 is 1.84 bits per heavy atom. The molecule has 1 aromatic rings. The lowest BCUT2D eigenvalue weighted by Crippen LogP contribution is -2.54. The molecule has 0 unspecified atom stereocenters. The summed E-state index contributed by atoms with van der Waals surface area (Å²) in [6, 6.07) is 2.51. The topological polar surface area (TPSA) is 46.2 Å². The van der Waals surface area contributed by atoms with Crippen molar-refractivity contribution in [1.82, 2.24) is 4.72 Å². The zero-order chi connectivity index (χ0) is 14.3. The summed E-state index contributed by atoms with van der Waals surface area (Å²) in [5.74, 6) is -0.409. The van der Waals surface area contributed by atoms with Gasteiger partial charge in [0.1, 0.15) is 5.82 Å². The van der Waals surface area contributed by atoms with Crippen LogP contribution in [0.4, 0.5) is 4.39 Å². The Morgan fingerprint density at radius 3 is 2.21 bits per heavy atom. The van der Waals surface area contributed by atoms with Gasteiger partial charge < -0.3 is 0 Å². The molecule has 0 spiro atoms. The van der Waals surface area contributed by atoms with Crippen molar-refractivity contribution in [3.05, 3.63) is 29.1 Å². The summed E-state index contributed by atoms with van der Waals surface area (Å²) in [5, 5.41) is 0.596. The summed E-state index contributed by atoms with van der Waals surface area (Å²) in [7, 11) is -3.62. The SMILES string of the molecule is Cc1cc(F)cc(C)c1S(=O)(=O)NC1(CBr)CCC1. The summed E-state index contributed by atoms with van der Waals surface area (Å²) in [6.07, 6.45) is 2.68. The lowest BCUT2D eigenvalue weighted by Gasteiger charge is -2.40. The van der Waals surface area contributed by atoms with Crippen LogP contribution >= 0.6 is 15.9 Å². The van der Waals surface area contributed by atoms with E-state index >= 15 is 0 Å². The highest BCUT2D eigenvalue weighted by Gasteiger charge is 2.40. The Labute approximate surface area is 121 Å².